The molecule has 0 fully saturated rings. The zero-order valence-corrected chi connectivity index (χ0v) is 13.8. The Morgan fingerprint density at radius 2 is 2.00 bits per heavy atom. The molecule has 1 aromatic carbocycles. The maximum absolute atomic E-state index is 13.3. The van der Waals surface area contributed by atoms with Gasteiger partial charge in [-0.15, -0.1) is 0 Å². The van der Waals surface area contributed by atoms with Crippen LogP contribution in [0, 0.1) is 12.7 Å². The van der Waals surface area contributed by atoms with E-state index in [-0.39, 0.29) is 11.7 Å². The van der Waals surface area contributed by atoms with Crippen molar-refractivity contribution in [1.82, 2.24) is 15.3 Å². The molecule has 1 aromatic heterocycles. The molecule has 2 aromatic rings. The Morgan fingerprint density at radius 1 is 1.24 bits per heavy atom. The molecule has 25 heavy (non-hydrogen) atoms. The van der Waals surface area contributed by atoms with Gasteiger partial charge in [-0.25, -0.2) is 14.4 Å². The van der Waals surface area contributed by atoms with Gasteiger partial charge in [0.25, 0.3) is 0 Å². The molecule has 0 unspecified atom stereocenters. The molecule has 0 radical (unpaired) electrons. The molecule has 2 heterocycles. The average molecular weight is 335 g/mol. The first-order valence-corrected chi connectivity index (χ1v) is 7.83. The summed E-state index contributed by atoms with van der Waals surface area (Å²) >= 11 is 0. The first kappa shape index (κ1) is 16.6. The van der Waals surface area contributed by atoms with Gasteiger partial charge in [-0.05, 0) is 42.8 Å². The van der Waals surface area contributed by atoms with Crippen molar-refractivity contribution in [3.63, 3.8) is 0 Å². The van der Waals surface area contributed by atoms with Crippen LogP contribution in [0.5, 0.6) is 0 Å². The summed E-state index contributed by atoms with van der Waals surface area (Å²) in [7, 11) is 0. The summed E-state index contributed by atoms with van der Waals surface area (Å²) < 4.78 is 13.3. The average Bonchev–Trinajstić information content (AvgIpc) is 2.63. The number of amidine groups is 1. The van der Waals surface area contributed by atoms with Crippen LogP contribution >= 0.6 is 0 Å². The van der Waals surface area contributed by atoms with Gasteiger partial charge in [0.1, 0.15) is 11.5 Å². The lowest BCUT2D eigenvalue weighted by molar-refractivity contribution is 0.627. The molecule has 3 N–H and O–H groups in total. The second-order valence-corrected chi connectivity index (χ2v) is 5.48. The van der Waals surface area contributed by atoms with E-state index in [4.69, 9.17) is 5.73 Å². The summed E-state index contributed by atoms with van der Waals surface area (Å²) in [6.07, 6.45) is 10.9. The number of aliphatic imine (C=N–C) groups is 1. The fraction of sp³-hybridized carbons (Fsp3) is 0.105. The molecule has 1 aliphatic heterocycles. The summed E-state index contributed by atoms with van der Waals surface area (Å²) in [5.41, 5.74) is 9.68. The van der Waals surface area contributed by atoms with Crippen LogP contribution in [0.3, 0.4) is 0 Å². The number of dihydropyridines is 1. The highest BCUT2D eigenvalue weighted by Gasteiger charge is 2.09. The maximum Gasteiger partial charge on any atom is 0.151 e. The highest BCUT2D eigenvalue weighted by atomic mass is 19.1. The summed E-state index contributed by atoms with van der Waals surface area (Å²) in [4.78, 5) is 13.0. The van der Waals surface area contributed by atoms with Gasteiger partial charge < -0.3 is 11.1 Å². The molecule has 6 heteroatoms. The van der Waals surface area contributed by atoms with Crippen molar-refractivity contribution < 1.29 is 4.39 Å². The van der Waals surface area contributed by atoms with Crippen LogP contribution in [0.2, 0.25) is 0 Å². The molecule has 0 aliphatic carbocycles. The minimum Gasteiger partial charge on any atom is -0.387 e. The van der Waals surface area contributed by atoms with E-state index in [0.717, 1.165) is 17.7 Å². The molecule has 5 nitrogen and oxygen atoms in total. The Kier molecular flexibility index (Phi) is 4.99. The fourth-order valence-electron chi connectivity index (χ4n) is 2.38. The van der Waals surface area contributed by atoms with E-state index in [9.17, 15) is 4.39 Å². The standard InChI is InChI=1S/C19H18FN5/c1-13-18(24-10-9-23-13)19(21)25-17(11-14-3-2-8-22-12-14)15-4-6-16(20)7-5-15/h2-7,9-12,22H,8H2,1H3,(H2,21,25)/b17-11+. The zero-order valence-electron chi connectivity index (χ0n) is 13.8. The van der Waals surface area contributed by atoms with Crippen molar-refractivity contribution in [2.24, 2.45) is 10.7 Å². The van der Waals surface area contributed by atoms with Crippen molar-refractivity contribution in [2.45, 2.75) is 6.92 Å². The first-order chi connectivity index (χ1) is 12.1. The van der Waals surface area contributed by atoms with Gasteiger partial charge in [0.15, 0.2) is 5.84 Å². The van der Waals surface area contributed by atoms with Crippen LogP contribution in [0.4, 0.5) is 4.39 Å². The maximum atomic E-state index is 13.3. The van der Waals surface area contributed by atoms with Crippen LogP contribution in [-0.2, 0) is 0 Å². The Bertz CT molecular complexity index is 879. The van der Waals surface area contributed by atoms with Gasteiger partial charge in [-0.2, -0.15) is 0 Å². The van der Waals surface area contributed by atoms with Gasteiger partial charge in [0.05, 0.1) is 11.4 Å². The normalized spacial score (nSPS) is 14.9. The number of halogens is 1. The molecule has 0 saturated carbocycles. The Hall–Kier alpha value is -3.28. The van der Waals surface area contributed by atoms with Crippen molar-refractivity contribution in [2.75, 3.05) is 6.54 Å². The van der Waals surface area contributed by atoms with E-state index in [1.54, 1.807) is 24.5 Å². The van der Waals surface area contributed by atoms with Crippen LogP contribution in [0.15, 0.2) is 71.7 Å². The third kappa shape index (κ3) is 4.17. The topological polar surface area (TPSA) is 76.2 Å². The lowest BCUT2D eigenvalue weighted by atomic mass is 10.1. The number of nitrogens with two attached hydrogens (primary N) is 1. The second-order valence-electron chi connectivity index (χ2n) is 5.48. The molecule has 0 bridgehead atoms. The second kappa shape index (κ2) is 7.53. The molecule has 0 spiro atoms. The Labute approximate surface area is 145 Å². The van der Waals surface area contributed by atoms with Gasteiger partial charge in [-0.1, -0.05) is 12.2 Å². The van der Waals surface area contributed by atoms with E-state index < -0.39 is 0 Å². The lowest BCUT2D eigenvalue weighted by Crippen LogP contribution is -2.17. The molecule has 0 atom stereocenters. The predicted octanol–water partition coefficient (Wildman–Crippen LogP) is 2.71. The van der Waals surface area contributed by atoms with Crippen LogP contribution in [0.25, 0.3) is 5.70 Å². The largest absolute Gasteiger partial charge is 0.387 e. The van der Waals surface area contributed by atoms with Gasteiger partial charge >= 0.3 is 0 Å². The molecule has 3 rings (SSSR count). The number of benzene rings is 1. The number of nitrogens with one attached hydrogen (secondary N) is 1. The van der Waals surface area contributed by atoms with E-state index in [2.05, 4.69) is 20.3 Å². The number of rotatable bonds is 4. The number of nitrogens with zero attached hydrogens (tertiary/aromatic N) is 3. The predicted molar refractivity (Wildman–Crippen MR) is 97.1 cm³/mol. The number of allylic oxidation sites excluding steroid dienone is 3. The molecule has 126 valence electrons. The molecular weight excluding hydrogens is 317 g/mol. The van der Waals surface area contributed by atoms with Crippen LogP contribution < -0.4 is 11.1 Å². The van der Waals surface area contributed by atoms with Gasteiger partial charge in [0.2, 0.25) is 0 Å². The Morgan fingerprint density at radius 3 is 2.68 bits per heavy atom. The quantitative estimate of drug-likeness (QED) is 0.665. The SMILES string of the molecule is Cc1nccnc1/C(N)=N\C(=C\C1=CNCC=C1)c1ccc(F)cc1. The summed E-state index contributed by atoms with van der Waals surface area (Å²) in [6.45, 7) is 2.61. The smallest absolute Gasteiger partial charge is 0.151 e. The number of aryl methyl sites for hydroxylation is 1. The number of aromatic nitrogens is 2. The van der Waals surface area contributed by atoms with E-state index in [1.165, 1.54) is 12.1 Å². The molecule has 1 aliphatic rings. The third-order valence-electron chi connectivity index (χ3n) is 3.62. The summed E-state index contributed by atoms with van der Waals surface area (Å²) in [6, 6.07) is 6.13. The van der Waals surface area contributed by atoms with E-state index >= 15 is 0 Å². The van der Waals surface area contributed by atoms with E-state index in [0.29, 0.717) is 17.1 Å². The summed E-state index contributed by atoms with van der Waals surface area (Å²) in [5, 5.41) is 3.14. The third-order valence-corrected chi connectivity index (χ3v) is 3.62. The van der Waals surface area contributed by atoms with Gasteiger partial charge in [-0.3, -0.25) is 4.98 Å². The van der Waals surface area contributed by atoms with Crippen molar-refractivity contribution in [3.05, 3.63) is 89.4 Å². The lowest BCUT2D eigenvalue weighted by Gasteiger charge is -2.09. The monoisotopic (exact) mass is 335 g/mol. The molecule has 0 amide bonds. The van der Waals surface area contributed by atoms with Gasteiger partial charge in [0, 0.05) is 30.7 Å². The van der Waals surface area contributed by atoms with E-state index in [1.807, 2.05) is 31.4 Å². The fourth-order valence-corrected chi connectivity index (χ4v) is 2.38. The highest BCUT2D eigenvalue weighted by molar-refractivity contribution is 6.00. The highest BCUT2D eigenvalue weighted by Crippen LogP contribution is 2.20. The van der Waals surface area contributed by atoms with Crippen molar-refractivity contribution >= 4 is 11.5 Å². The zero-order chi connectivity index (χ0) is 17.6. The molecule has 0 saturated heterocycles. The van der Waals surface area contributed by atoms with Crippen molar-refractivity contribution in [3.8, 4) is 0 Å². The summed E-state index contributed by atoms with van der Waals surface area (Å²) in [5.74, 6) is -0.0437. The minimum absolute atomic E-state index is 0.259. The molecular formula is C19H18FN5. The minimum atomic E-state index is -0.303. The van der Waals surface area contributed by atoms with Crippen LogP contribution in [-0.4, -0.2) is 22.3 Å². The van der Waals surface area contributed by atoms with Crippen LogP contribution in [0.1, 0.15) is 17.0 Å². The number of hydrogen-bond donors (Lipinski definition) is 2. The number of hydrogen-bond acceptors (Lipinski definition) is 4. The Balaban J connectivity index is 2.05. The van der Waals surface area contributed by atoms with Crippen molar-refractivity contribution in [1.29, 1.82) is 0 Å². The first-order valence-electron chi connectivity index (χ1n) is 7.83.